The summed E-state index contributed by atoms with van der Waals surface area (Å²) in [7, 11) is -3.79. The zero-order chi connectivity index (χ0) is 19.4. The van der Waals surface area contributed by atoms with Gasteiger partial charge in [-0.25, -0.2) is 8.42 Å². The van der Waals surface area contributed by atoms with Gasteiger partial charge in [0.05, 0.1) is 22.7 Å². The largest absolute Gasteiger partial charge is 0.349 e. The summed E-state index contributed by atoms with van der Waals surface area (Å²) in [5.74, 6) is -0.606. The van der Waals surface area contributed by atoms with E-state index in [0.717, 1.165) is 16.6 Å². The minimum absolute atomic E-state index is 0.128. The van der Waals surface area contributed by atoms with E-state index in [1.807, 2.05) is 24.3 Å². The second-order valence-corrected chi connectivity index (χ2v) is 8.31. The van der Waals surface area contributed by atoms with E-state index in [0.29, 0.717) is 0 Å². The summed E-state index contributed by atoms with van der Waals surface area (Å²) in [6.45, 7) is 3.82. The van der Waals surface area contributed by atoms with E-state index in [-0.39, 0.29) is 23.3 Å². The van der Waals surface area contributed by atoms with E-state index in [1.54, 1.807) is 32.0 Å². The Kier molecular flexibility index (Phi) is 5.57. The highest BCUT2D eigenvalue weighted by atomic mass is 32.2. The van der Waals surface area contributed by atoms with Crippen molar-refractivity contribution in [2.24, 2.45) is 5.92 Å². The Bertz CT molecular complexity index is 1030. The molecule has 8 heteroatoms. The molecule has 0 bridgehead atoms. The number of hydrogen-bond donors (Lipinski definition) is 3. The lowest BCUT2D eigenvalue weighted by molar-refractivity contribution is -0.123. The molecule has 142 valence electrons. The van der Waals surface area contributed by atoms with Gasteiger partial charge in [0.25, 0.3) is 0 Å². The molecule has 2 aromatic carbocycles. The van der Waals surface area contributed by atoms with E-state index >= 15 is 0 Å². The Labute approximate surface area is 158 Å². The second kappa shape index (κ2) is 7.89. The van der Waals surface area contributed by atoms with E-state index in [4.69, 9.17) is 0 Å². The van der Waals surface area contributed by atoms with Crippen molar-refractivity contribution in [2.45, 2.75) is 31.3 Å². The molecular formula is C19H22N4O3S. The van der Waals surface area contributed by atoms with Gasteiger partial charge in [0.2, 0.25) is 15.9 Å². The Morgan fingerprint density at radius 2 is 1.74 bits per heavy atom. The summed E-state index contributed by atoms with van der Waals surface area (Å²) in [4.78, 5) is 12.8. The smallest absolute Gasteiger partial charge is 0.241 e. The molecular weight excluding hydrogens is 364 g/mol. The first kappa shape index (κ1) is 19.1. The van der Waals surface area contributed by atoms with E-state index < -0.39 is 16.1 Å². The molecule has 0 radical (unpaired) electrons. The molecule has 3 aromatic rings. The van der Waals surface area contributed by atoms with Crippen molar-refractivity contribution >= 4 is 26.8 Å². The predicted molar refractivity (Wildman–Crippen MR) is 103 cm³/mol. The van der Waals surface area contributed by atoms with Crippen LogP contribution in [0.25, 0.3) is 10.9 Å². The molecule has 27 heavy (non-hydrogen) atoms. The molecule has 0 saturated heterocycles. The number of benzene rings is 2. The summed E-state index contributed by atoms with van der Waals surface area (Å²) in [5.41, 5.74) is 1.58. The summed E-state index contributed by atoms with van der Waals surface area (Å²) in [5, 5.41) is 10.8. The Morgan fingerprint density at radius 1 is 1.07 bits per heavy atom. The van der Waals surface area contributed by atoms with Crippen molar-refractivity contribution < 1.29 is 13.2 Å². The van der Waals surface area contributed by atoms with Gasteiger partial charge in [-0.3, -0.25) is 9.89 Å². The number of carbonyl (C=O) groups excluding carboxylic acids is 1. The lowest BCUT2D eigenvalue weighted by Crippen LogP contribution is -2.49. The van der Waals surface area contributed by atoms with Gasteiger partial charge in [-0.15, -0.1) is 0 Å². The normalized spacial score (nSPS) is 13.0. The molecule has 0 saturated carbocycles. The highest BCUT2D eigenvalue weighted by Crippen LogP contribution is 2.15. The maximum absolute atomic E-state index is 12.7. The van der Waals surface area contributed by atoms with Crippen LogP contribution in [0.3, 0.4) is 0 Å². The van der Waals surface area contributed by atoms with Crippen LogP contribution in [0, 0.1) is 5.92 Å². The Balaban J connectivity index is 1.72. The maximum atomic E-state index is 12.7. The fraction of sp³-hybridized carbons (Fsp3) is 0.263. The monoisotopic (exact) mass is 386 g/mol. The fourth-order valence-electron chi connectivity index (χ4n) is 2.76. The number of amides is 1. The number of fused-ring (bicyclic) bond motifs is 1. The molecule has 3 rings (SSSR count). The third-order valence-electron chi connectivity index (χ3n) is 4.26. The van der Waals surface area contributed by atoms with E-state index in [9.17, 15) is 13.2 Å². The zero-order valence-electron chi connectivity index (χ0n) is 15.1. The first-order chi connectivity index (χ1) is 12.9. The topological polar surface area (TPSA) is 104 Å². The van der Waals surface area contributed by atoms with Crippen LogP contribution in [0.15, 0.2) is 59.5 Å². The molecule has 1 aromatic heterocycles. The van der Waals surface area contributed by atoms with Crippen LogP contribution < -0.4 is 10.0 Å². The van der Waals surface area contributed by atoms with Crippen LogP contribution in [0.1, 0.15) is 19.5 Å². The van der Waals surface area contributed by atoms with Crippen molar-refractivity contribution in [3.05, 3.63) is 60.3 Å². The maximum Gasteiger partial charge on any atom is 0.241 e. The number of carbonyl (C=O) groups is 1. The van der Waals surface area contributed by atoms with Crippen LogP contribution >= 0.6 is 0 Å². The molecule has 0 aliphatic heterocycles. The van der Waals surface area contributed by atoms with E-state index in [2.05, 4.69) is 20.2 Å². The van der Waals surface area contributed by atoms with Crippen molar-refractivity contribution in [1.82, 2.24) is 20.2 Å². The Hall–Kier alpha value is -2.71. The minimum atomic E-state index is -3.79. The predicted octanol–water partition coefficient (Wildman–Crippen LogP) is 2.18. The molecule has 0 fully saturated rings. The van der Waals surface area contributed by atoms with Gasteiger partial charge in [0.15, 0.2) is 0 Å². The average molecular weight is 386 g/mol. The second-order valence-electron chi connectivity index (χ2n) is 6.59. The van der Waals surface area contributed by atoms with Gasteiger partial charge in [0, 0.05) is 5.39 Å². The number of nitrogens with one attached hydrogen (secondary N) is 3. The van der Waals surface area contributed by atoms with Crippen molar-refractivity contribution in [2.75, 3.05) is 0 Å². The number of rotatable bonds is 7. The number of aromatic amines is 1. The highest BCUT2D eigenvalue weighted by molar-refractivity contribution is 7.89. The SMILES string of the molecule is CC(C)C(NS(=O)(=O)c1ccccc1)C(=O)NCc1[nH]nc2ccccc12. The number of sulfonamides is 1. The van der Waals surface area contributed by atoms with Crippen LogP contribution in [-0.4, -0.2) is 30.6 Å². The lowest BCUT2D eigenvalue weighted by atomic mass is 10.0. The number of para-hydroxylation sites is 1. The molecule has 0 spiro atoms. The molecule has 7 nitrogen and oxygen atoms in total. The van der Waals surface area contributed by atoms with Gasteiger partial charge in [0.1, 0.15) is 6.04 Å². The van der Waals surface area contributed by atoms with Crippen molar-refractivity contribution in [3.8, 4) is 0 Å². The molecule has 1 heterocycles. The van der Waals surface area contributed by atoms with Crippen LogP contribution in [0.5, 0.6) is 0 Å². The van der Waals surface area contributed by atoms with E-state index in [1.165, 1.54) is 12.1 Å². The standard InChI is InChI=1S/C19H22N4O3S/c1-13(2)18(23-27(25,26)14-8-4-3-5-9-14)19(24)20-12-17-15-10-6-7-11-16(15)21-22-17/h3-11,13,18,23H,12H2,1-2H3,(H,20,24)(H,21,22). The summed E-state index contributed by atoms with van der Waals surface area (Å²) < 4.78 is 27.6. The van der Waals surface area contributed by atoms with Gasteiger partial charge in [-0.05, 0) is 24.1 Å². The molecule has 1 unspecified atom stereocenters. The molecule has 1 atom stereocenters. The average Bonchev–Trinajstić information content (AvgIpc) is 3.08. The summed E-state index contributed by atoms with van der Waals surface area (Å²) in [6, 6.07) is 14.7. The third kappa shape index (κ3) is 4.35. The van der Waals surface area contributed by atoms with Gasteiger partial charge in [-0.2, -0.15) is 9.82 Å². The van der Waals surface area contributed by atoms with Gasteiger partial charge >= 0.3 is 0 Å². The van der Waals surface area contributed by atoms with Crippen molar-refractivity contribution in [1.29, 1.82) is 0 Å². The van der Waals surface area contributed by atoms with Crippen LogP contribution in [-0.2, 0) is 21.4 Å². The summed E-state index contributed by atoms with van der Waals surface area (Å²) in [6.07, 6.45) is 0. The first-order valence-electron chi connectivity index (χ1n) is 8.65. The fourth-order valence-corrected chi connectivity index (χ4v) is 4.13. The minimum Gasteiger partial charge on any atom is -0.349 e. The third-order valence-corrected chi connectivity index (χ3v) is 5.72. The zero-order valence-corrected chi connectivity index (χ0v) is 16.0. The summed E-state index contributed by atoms with van der Waals surface area (Å²) >= 11 is 0. The highest BCUT2D eigenvalue weighted by Gasteiger charge is 2.28. The van der Waals surface area contributed by atoms with Crippen LogP contribution in [0.2, 0.25) is 0 Å². The molecule has 0 aliphatic rings. The quantitative estimate of drug-likeness (QED) is 0.579. The number of H-pyrrole nitrogens is 1. The molecule has 1 amide bonds. The van der Waals surface area contributed by atoms with Crippen LogP contribution in [0.4, 0.5) is 0 Å². The number of aromatic nitrogens is 2. The molecule has 0 aliphatic carbocycles. The van der Waals surface area contributed by atoms with Crippen molar-refractivity contribution in [3.63, 3.8) is 0 Å². The lowest BCUT2D eigenvalue weighted by Gasteiger charge is -2.21. The molecule has 3 N–H and O–H groups in total. The number of hydrogen-bond acceptors (Lipinski definition) is 4. The Morgan fingerprint density at radius 3 is 2.44 bits per heavy atom. The first-order valence-corrected chi connectivity index (χ1v) is 10.1. The van der Waals surface area contributed by atoms with Gasteiger partial charge < -0.3 is 5.32 Å². The number of nitrogens with zero attached hydrogens (tertiary/aromatic N) is 1. The van der Waals surface area contributed by atoms with Gasteiger partial charge in [-0.1, -0.05) is 50.2 Å².